The minimum Gasteiger partial charge on any atom is -0.488 e. The van der Waals surface area contributed by atoms with Crippen LogP contribution in [0.4, 0.5) is 0 Å². The molecule has 0 saturated heterocycles. The van der Waals surface area contributed by atoms with Crippen molar-refractivity contribution in [3.05, 3.63) is 79.5 Å². The Hall–Kier alpha value is -2.02. The number of aromatic nitrogens is 2. The molecule has 0 N–H and O–H groups in total. The van der Waals surface area contributed by atoms with Gasteiger partial charge in [0.2, 0.25) is 0 Å². The molecule has 0 aliphatic rings. The number of nitrogens with zero attached hydrogens (tertiary/aromatic N) is 2. The molecule has 29 heavy (non-hydrogen) atoms. The minimum absolute atomic E-state index is 0.287. The lowest BCUT2D eigenvalue weighted by atomic mass is 10.2. The molecule has 0 amide bonds. The van der Waals surface area contributed by atoms with Crippen LogP contribution in [0.15, 0.2) is 46.9 Å². The average molecular weight is 498 g/mol. The zero-order valence-electron chi connectivity index (χ0n) is 15.9. The molecule has 152 valence electrons. The topological polar surface area (TPSA) is 53.4 Å². The summed E-state index contributed by atoms with van der Waals surface area (Å²) in [6.07, 6.45) is 0. The van der Waals surface area contributed by atoms with E-state index in [2.05, 4.69) is 21.0 Å². The van der Waals surface area contributed by atoms with E-state index >= 15 is 0 Å². The number of carbonyl (C=O) groups is 1. The van der Waals surface area contributed by atoms with Gasteiger partial charge in [-0.15, -0.1) is 0 Å². The van der Waals surface area contributed by atoms with Crippen LogP contribution in [-0.2, 0) is 17.9 Å². The van der Waals surface area contributed by atoms with Gasteiger partial charge in [-0.2, -0.15) is 5.10 Å². The third-order valence-corrected chi connectivity index (χ3v) is 5.29. The van der Waals surface area contributed by atoms with Crippen LogP contribution in [0.2, 0.25) is 10.0 Å². The van der Waals surface area contributed by atoms with E-state index in [4.69, 9.17) is 32.7 Å². The Kier molecular flexibility index (Phi) is 7.22. The molecule has 0 unspecified atom stereocenters. The van der Waals surface area contributed by atoms with Crippen molar-refractivity contribution >= 4 is 45.1 Å². The zero-order valence-corrected chi connectivity index (χ0v) is 19.0. The summed E-state index contributed by atoms with van der Waals surface area (Å²) in [5.74, 6) is 0.268. The second kappa shape index (κ2) is 9.65. The minimum atomic E-state index is -0.433. The first-order valence-electron chi connectivity index (χ1n) is 8.94. The van der Waals surface area contributed by atoms with Crippen molar-refractivity contribution < 1.29 is 14.3 Å². The summed E-state index contributed by atoms with van der Waals surface area (Å²) in [7, 11) is 0. The van der Waals surface area contributed by atoms with E-state index in [0.717, 1.165) is 21.3 Å². The fraction of sp³-hybridized carbons (Fsp3) is 0.238. The molecule has 3 aromatic rings. The second-order valence-corrected chi connectivity index (χ2v) is 8.08. The summed E-state index contributed by atoms with van der Waals surface area (Å²) in [6.45, 7) is 4.70. The van der Waals surface area contributed by atoms with Gasteiger partial charge in [0.25, 0.3) is 0 Å². The Labute approximate surface area is 187 Å². The zero-order chi connectivity index (χ0) is 21.0. The van der Waals surface area contributed by atoms with Gasteiger partial charge in [0, 0.05) is 31.3 Å². The third-order valence-electron chi connectivity index (χ3n) is 4.21. The number of aryl methyl sites for hydroxylation is 1. The fourth-order valence-electron chi connectivity index (χ4n) is 2.74. The molecule has 5 nitrogen and oxygen atoms in total. The van der Waals surface area contributed by atoms with Gasteiger partial charge < -0.3 is 9.47 Å². The van der Waals surface area contributed by atoms with E-state index in [-0.39, 0.29) is 5.69 Å². The third kappa shape index (κ3) is 5.53. The van der Waals surface area contributed by atoms with Crippen LogP contribution in [0, 0.1) is 6.92 Å². The number of halogens is 3. The highest BCUT2D eigenvalue weighted by Gasteiger charge is 2.15. The van der Waals surface area contributed by atoms with Gasteiger partial charge in [-0.3, -0.25) is 4.68 Å². The number of ether oxygens (including phenoxy) is 2. The van der Waals surface area contributed by atoms with E-state index in [1.165, 1.54) is 0 Å². The van der Waals surface area contributed by atoms with Crippen molar-refractivity contribution in [2.24, 2.45) is 0 Å². The predicted molar refractivity (Wildman–Crippen MR) is 117 cm³/mol. The van der Waals surface area contributed by atoms with Crippen LogP contribution in [-0.4, -0.2) is 22.4 Å². The highest BCUT2D eigenvalue weighted by molar-refractivity contribution is 9.10. The van der Waals surface area contributed by atoms with Crippen molar-refractivity contribution in [2.45, 2.75) is 27.0 Å². The van der Waals surface area contributed by atoms with Gasteiger partial charge in [0.15, 0.2) is 5.69 Å². The lowest BCUT2D eigenvalue weighted by molar-refractivity contribution is 0.0518. The highest BCUT2D eigenvalue weighted by Crippen LogP contribution is 2.27. The molecule has 1 aromatic heterocycles. The Balaban J connectivity index is 1.81. The lowest BCUT2D eigenvalue weighted by Crippen LogP contribution is -2.09. The first-order chi connectivity index (χ1) is 13.9. The van der Waals surface area contributed by atoms with Crippen molar-refractivity contribution in [2.75, 3.05) is 6.61 Å². The van der Waals surface area contributed by atoms with Crippen LogP contribution in [0.5, 0.6) is 5.75 Å². The van der Waals surface area contributed by atoms with Crippen molar-refractivity contribution in [3.63, 3.8) is 0 Å². The van der Waals surface area contributed by atoms with Crippen LogP contribution < -0.4 is 4.74 Å². The van der Waals surface area contributed by atoms with Gasteiger partial charge in [-0.25, -0.2) is 4.79 Å². The van der Waals surface area contributed by atoms with Gasteiger partial charge in [-0.1, -0.05) is 45.2 Å². The summed E-state index contributed by atoms with van der Waals surface area (Å²) in [4.78, 5) is 11.9. The largest absolute Gasteiger partial charge is 0.488 e. The molecule has 8 heteroatoms. The number of carbonyl (C=O) groups excluding carboxylic acids is 1. The summed E-state index contributed by atoms with van der Waals surface area (Å²) >= 11 is 15.7. The smallest absolute Gasteiger partial charge is 0.358 e. The van der Waals surface area contributed by atoms with Crippen molar-refractivity contribution in [1.82, 2.24) is 9.78 Å². The van der Waals surface area contributed by atoms with Gasteiger partial charge in [0.1, 0.15) is 12.4 Å². The molecule has 3 rings (SSSR count). The SMILES string of the molecule is CCOC(=O)c1cc(C)n(Cc2cc(Br)ccc2OCc2ccc(Cl)cc2Cl)n1. The number of benzene rings is 2. The maximum absolute atomic E-state index is 11.9. The van der Waals surface area contributed by atoms with Crippen molar-refractivity contribution in [3.8, 4) is 5.75 Å². The van der Waals surface area contributed by atoms with E-state index in [1.807, 2.05) is 31.2 Å². The van der Waals surface area contributed by atoms with Gasteiger partial charge in [0.05, 0.1) is 13.2 Å². The Morgan fingerprint density at radius 2 is 1.93 bits per heavy atom. The number of hydrogen-bond acceptors (Lipinski definition) is 4. The van der Waals surface area contributed by atoms with E-state index in [1.54, 1.807) is 29.8 Å². The van der Waals surface area contributed by atoms with Crippen molar-refractivity contribution in [1.29, 1.82) is 0 Å². The van der Waals surface area contributed by atoms with Crippen LogP contribution in [0.25, 0.3) is 0 Å². The second-order valence-electron chi connectivity index (χ2n) is 6.33. The molecule has 0 aliphatic heterocycles. The van der Waals surface area contributed by atoms with E-state index in [0.29, 0.717) is 35.6 Å². The monoisotopic (exact) mass is 496 g/mol. The molecule has 0 atom stereocenters. The highest BCUT2D eigenvalue weighted by atomic mass is 79.9. The number of hydrogen-bond donors (Lipinski definition) is 0. The van der Waals surface area contributed by atoms with Gasteiger partial charge >= 0.3 is 5.97 Å². The maximum atomic E-state index is 11.9. The molecule has 1 heterocycles. The predicted octanol–water partition coefficient (Wildman–Crippen LogP) is 6.06. The fourth-order valence-corrected chi connectivity index (χ4v) is 3.61. The summed E-state index contributed by atoms with van der Waals surface area (Å²) in [6, 6.07) is 12.8. The number of esters is 1. The molecule has 0 spiro atoms. The molecular weight excluding hydrogens is 479 g/mol. The standard InChI is InChI=1S/C21H19BrCl2N2O3/c1-3-28-21(27)19-8-13(2)26(25-19)11-15-9-16(22)5-7-20(15)29-12-14-4-6-17(23)10-18(14)24/h4-10H,3,11-12H2,1-2H3. The quantitative estimate of drug-likeness (QED) is 0.372. The van der Waals surface area contributed by atoms with E-state index < -0.39 is 5.97 Å². The summed E-state index contributed by atoms with van der Waals surface area (Å²) in [5.41, 5.74) is 2.88. The summed E-state index contributed by atoms with van der Waals surface area (Å²) in [5, 5.41) is 5.50. The molecule has 0 fully saturated rings. The Bertz CT molecular complexity index is 1040. The van der Waals surface area contributed by atoms with Gasteiger partial charge in [-0.05, 0) is 50.2 Å². The molecule has 0 radical (unpaired) electrons. The molecular formula is C21H19BrCl2N2O3. The molecule has 2 aromatic carbocycles. The molecule has 0 saturated carbocycles. The first-order valence-corrected chi connectivity index (χ1v) is 10.5. The first kappa shape index (κ1) is 21.7. The molecule has 0 aliphatic carbocycles. The normalized spacial score (nSPS) is 10.8. The maximum Gasteiger partial charge on any atom is 0.358 e. The molecule has 0 bridgehead atoms. The Morgan fingerprint density at radius 1 is 1.14 bits per heavy atom. The average Bonchev–Trinajstić information content (AvgIpc) is 3.03. The Morgan fingerprint density at radius 3 is 2.66 bits per heavy atom. The van der Waals surface area contributed by atoms with Crippen LogP contribution in [0.1, 0.15) is 34.2 Å². The summed E-state index contributed by atoms with van der Waals surface area (Å²) < 4.78 is 13.7. The lowest BCUT2D eigenvalue weighted by Gasteiger charge is -2.14. The van der Waals surface area contributed by atoms with Crippen LogP contribution in [0.3, 0.4) is 0 Å². The van der Waals surface area contributed by atoms with E-state index in [9.17, 15) is 4.79 Å². The number of rotatable bonds is 7. The van der Waals surface area contributed by atoms with Crippen LogP contribution >= 0.6 is 39.1 Å².